The van der Waals surface area contributed by atoms with Gasteiger partial charge in [-0.3, -0.25) is 4.79 Å². The third-order valence-electron chi connectivity index (χ3n) is 2.15. The van der Waals surface area contributed by atoms with E-state index in [0.29, 0.717) is 5.01 Å². The number of allylic oxidation sites excluding steroid dienone is 1. The molecule has 1 aromatic heterocycles. The lowest BCUT2D eigenvalue weighted by Crippen LogP contribution is -1.91. The summed E-state index contributed by atoms with van der Waals surface area (Å²) in [5, 5.41) is 2.33. The minimum absolute atomic E-state index is 0.0458. The van der Waals surface area contributed by atoms with Gasteiger partial charge in [-0.25, -0.2) is 4.98 Å². The molecular weight excluding hydrogens is 242 g/mol. The molecule has 2 aromatic rings. The summed E-state index contributed by atoms with van der Waals surface area (Å²) in [6.07, 6.45) is 5.00. The third-order valence-corrected chi connectivity index (χ3v) is 2.94. The zero-order valence-electron chi connectivity index (χ0n) is 10.9. The minimum Gasteiger partial charge on any atom is -0.287 e. The fourth-order valence-electron chi connectivity index (χ4n) is 1.27. The van der Waals surface area contributed by atoms with Crippen LogP contribution >= 0.6 is 11.3 Å². The van der Waals surface area contributed by atoms with Gasteiger partial charge in [-0.15, -0.1) is 11.3 Å². The number of thiazole rings is 1. The predicted octanol–water partition coefficient (Wildman–Crippen LogP) is 4.37. The van der Waals surface area contributed by atoms with Crippen LogP contribution in [0.25, 0.3) is 6.08 Å². The number of nitrogens with zero attached hydrogens (tertiary/aromatic N) is 1. The maximum Gasteiger partial charge on any atom is 0.214 e. The average molecular weight is 259 g/mol. The second-order valence-corrected chi connectivity index (χ2v) is 4.34. The zero-order valence-corrected chi connectivity index (χ0v) is 11.7. The van der Waals surface area contributed by atoms with Gasteiger partial charge in [0.15, 0.2) is 5.01 Å². The summed E-state index contributed by atoms with van der Waals surface area (Å²) in [4.78, 5) is 15.6. The number of carbonyl (C=O) groups excluding carboxylic acids is 1. The van der Waals surface area contributed by atoms with Gasteiger partial charge in [0.25, 0.3) is 0 Å². The van der Waals surface area contributed by atoms with E-state index in [2.05, 4.69) is 4.98 Å². The Morgan fingerprint density at radius 1 is 1.22 bits per heavy atom. The smallest absolute Gasteiger partial charge is 0.214 e. The summed E-state index contributed by atoms with van der Waals surface area (Å²) in [6, 6.07) is 8.02. The summed E-state index contributed by atoms with van der Waals surface area (Å²) >= 11 is 1.36. The summed E-state index contributed by atoms with van der Waals surface area (Å²) in [6.45, 7) is 6.04. The van der Waals surface area contributed by atoms with Crippen molar-refractivity contribution in [2.24, 2.45) is 0 Å². The molecule has 0 N–H and O–H groups in total. The molecule has 94 valence electrons. The molecule has 2 nitrogen and oxygen atoms in total. The number of ketones is 1. The first-order chi connectivity index (χ1) is 8.75. The summed E-state index contributed by atoms with van der Waals surface area (Å²) in [7, 11) is 0. The van der Waals surface area contributed by atoms with Crippen molar-refractivity contribution in [3.63, 3.8) is 0 Å². The van der Waals surface area contributed by atoms with Crippen LogP contribution in [0.3, 0.4) is 0 Å². The van der Waals surface area contributed by atoms with E-state index in [1.807, 2.05) is 51.1 Å². The number of benzene rings is 1. The first-order valence-electron chi connectivity index (χ1n) is 5.94. The van der Waals surface area contributed by atoms with E-state index < -0.39 is 0 Å². The van der Waals surface area contributed by atoms with E-state index in [1.165, 1.54) is 16.9 Å². The van der Waals surface area contributed by atoms with Gasteiger partial charge in [0, 0.05) is 11.6 Å². The second kappa shape index (κ2) is 7.56. The van der Waals surface area contributed by atoms with Gasteiger partial charge in [0.2, 0.25) is 5.78 Å². The molecule has 0 aliphatic heterocycles. The highest BCUT2D eigenvalue weighted by Crippen LogP contribution is 2.09. The molecule has 0 bridgehead atoms. The number of aryl methyl sites for hydroxylation is 1. The molecule has 0 fully saturated rings. The quantitative estimate of drug-likeness (QED) is 0.605. The highest BCUT2D eigenvalue weighted by atomic mass is 32.1. The Kier molecular flexibility index (Phi) is 6.01. The van der Waals surface area contributed by atoms with Crippen LogP contribution in [-0.2, 0) is 0 Å². The van der Waals surface area contributed by atoms with Crippen LogP contribution < -0.4 is 0 Å². The largest absolute Gasteiger partial charge is 0.287 e. The molecule has 1 heterocycles. The van der Waals surface area contributed by atoms with Crippen molar-refractivity contribution >= 4 is 23.2 Å². The monoisotopic (exact) mass is 259 g/mol. The van der Waals surface area contributed by atoms with Crippen molar-refractivity contribution in [1.29, 1.82) is 0 Å². The molecule has 0 saturated carbocycles. The van der Waals surface area contributed by atoms with E-state index in [9.17, 15) is 4.79 Å². The summed E-state index contributed by atoms with van der Waals surface area (Å²) < 4.78 is 0. The number of aromatic nitrogens is 1. The van der Waals surface area contributed by atoms with Gasteiger partial charge in [0.1, 0.15) is 0 Å². The lowest BCUT2D eigenvalue weighted by atomic mass is 10.1. The number of hydrogen-bond acceptors (Lipinski definition) is 3. The number of rotatable bonds is 3. The van der Waals surface area contributed by atoms with Gasteiger partial charge < -0.3 is 0 Å². The lowest BCUT2D eigenvalue weighted by Gasteiger charge is -1.93. The van der Waals surface area contributed by atoms with Gasteiger partial charge >= 0.3 is 0 Å². The van der Waals surface area contributed by atoms with Crippen molar-refractivity contribution in [2.75, 3.05) is 0 Å². The average Bonchev–Trinajstić information content (AvgIpc) is 2.94. The highest BCUT2D eigenvalue weighted by molar-refractivity contribution is 7.11. The Balaban J connectivity index is 0.000000771. The standard InChI is InChI=1S/C13H11NOS.C2H6/c1-10-2-4-11(5-3-10)6-7-12(15)13-14-8-9-16-13;1-2/h2-9H,1H3;1-2H3/b7-6+;. The zero-order chi connectivity index (χ0) is 13.4. The SMILES string of the molecule is CC.Cc1ccc(/C=C/C(=O)c2nccs2)cc1. The van der Waals surface area contributed by atoms with Crippen LogP contribution in [0.15, 0.2) is 41.9 Å². The Labute approximate surface area is 112 Å². The summed E-state index contributed by atoms with van der Waals surface area (Å²) in [5.41, 5.74) is 2.24. The van der Waals surface area contributed by atoms with Crippen LogP contribution in [0.2, 0.25) is 0 Å². The molecule has 3 heteroatoms. The minimum atomic E-state index is -0.0458. The molecule has 18 heavy (non-hydrogen) atoms. The third kappa shape index (κ3) is 4.26. The first-order valence-corrected chi connectivity index (χ1v) is 6.82. The number of carbonyl (C=O) groups is 1. The normalized spacial score (nSPS) is 9.94. The van der Waals surface area contributed by atoms with Gasteiger partial charge in [-0.05, 0) is 18.6 Å². The van der Waals surface area contributed by atoms with Crippen molar-refractivity contribution in [3.05, 3.63) is 58.1 Å². The van der Waals surface area contributed by atoms with E-state index >= 15 is 0 Å². The molecule has 1 aromatic carbocycles. The molecule has 2 rings (SSSR count). The second-order valence-electron chi connectivity index (χ2n) is 3.45. The van der Waals surface area contributed by atoms with Crippen LogP contribution in [0.1, 0.15) is 34.8 Å². The molecule has 0 atom stereocenters. The maximum absolute atomic E-state index is 11.6. The first kappa shape index (κ1) is 14.3. The van der Waals surface area contributed by atoms with Crippen LogP contribution in [0.4, 0.5) is 0 Å². The fraction of sp³-hybridized carbons (Fsp3) is 0.200. The topological polar surface area (TPSA) is 30.0 Å². The van der Waals surface area contributed by atoms with Gasteiger partial charge in [-0.1, -0.05) is 49.8 Å². The molecule has 0 spiro atoms. The highest BCUT2D eigenvalue weighted by Gasteiger charge is 2.02. The summed E-state index contributed by atoms with van der Waals surface area (Å²) in [5.74, 6) is -0.0458. The molecule has 0 aliphatic rings. The van der Waals surface area contributed by atoms with Crippen molar-refractivity contribution < 1.29 is 4.79 Å². The number of hydrogen-bond donors (Lipinski definition) is 0. The Bertz CT molecular complexity index is 498. The van der Waals surface area contributed by atoms with Crippen LogP contribution in [0, 0.1) is 6.92 Å². The Hall–Kier alpha value is -1.74. The molecule has 0 amide bonds. The molecule has 0 radical (unpaired) electrons. The molecule has 0 unspecified atom stereocenters. The fourth-order valence-corrected chi connectivity index (χ4v) is 1.82. The lowest BCUT2D eigenvalue weighted by molar-refractivity contribution is 0.104. The molecule has 0 aliphatic carbocycles. The van der Waals surface area contributed by atoms with Crippen molar-refractivity contribution in [2.45, 2.75) is 20.8 Å². The van der Waals surface area contributed by atoms with E-state index in [1.54, 1.807) is 17.7 Å². The van der Waals surface area contributed by atoms with Crippen LogP contribution in [0.5, 0.6) is 0 Å². The maximum atomic E-state index is 11.6. The van der Waals surface area contributed by atoms with E-state index in [0.717, 1.165) is 5.56 Å². The van der Waals surface area contributed by atoms with Crippen LogP contribution in [-0.4, -0.2) is 10.8 Å². The Morgan fingerprint density at radius 2 is 1.89 bits per heavy atom. The Morgan fingerprint density at radius 3 is 2.44 bits per heavy atom. The van der Waals surface area contributed by atoms with E-state index in [-0.39, 0.29) is 5.78 Å². The van der Waals surface area contributed by atoms with Crippen molar-refractivity contribution in [1.82, 2.24) is 4.98 Å². The predicted molar refractivity (Wildman–Crippen MR) is 78.0 cm³/mol. The van der Waals surface area contributed by atoms with Crippen molar-refractivity contribution in [3.8, 4) is 0 Å². The van der Waals surface area contributed by atoms with Gasteiger partial charge in [0.05, 0.1) is 0 Å². The van der Waals surface area contributed by atoms with Gasteiger partial charge in [-0.2, -0.15) is 0 Å². The van der Waals surface area contributed by atoms with E-state index in [4.69, 9.17) is 0 Å². The molecular formula is C15H17NOS. The molecule has 0 saturated heterocycles.